The van der Waals surface area contributed by atoms with E-state index < -0.39 is 28.0 Å². The van der Waals surface area contributed by atoms with Crippen molar-refractivity contribution in [3.8, 4) is 11.4 Å². The summed E-state index contributed by atoms with van der Waals surface area (Å²) in [5, 5.41) is 23.2. The normalized spacial score (nSPS) is 21.5. The van der Waals surface area contributed by atoms with Crippen LogP contribution in [0, 0.1) is 5.92 Å². The molecule has 140 valence electrons. The number of hydrogen-bond donors (Lipinski definition) is 2. The van der Waals surface area contributed by atoms with Gasteiger partial charge in [-0.15, -0.1) is 0 Å². The smallest absolute Gasteiger partial charge is 0.309 e. The van der Waals surface area contributed by atoms with Crippen molar-refractivity contribution >= 4 is 16.0 Å². The van der Waals surface area contributed by atoms with Crippen LogP contribution in [0.4, 0.5) is 0 Å². The third kappa shape index (κ3) is 3.30. The molecule has 1 aromatic heterocycles. The summed E-state index contributed by atoms with van der Waals surface area (Å²) >= 11 is 0. The van der Waals surface area contributed by atoms with Crippen LogP contribution < -0.4 is 4.74 Å². The van der Waals surface area contributed by atoms with Gasteiger partial charge in [0.05, 0.1) is 24.8 Å². The summed E-state index contributed by atoms with van der Waals surface area (Å²) in [6.07, 6.45) is 2.03. The third-order valence-corrected chi connectivity index (χ3v) is 6.28. The standard InChI is InChI=1S/C16H19N3O6S/c1-25-14-4-3-11(19-7-2-6-17-19)9-15(14)26(23,24)18-8-5-12(16(21)22)13(20)10-18/h2-4,6-7,9,12-13,20H,5,8,10H2,1H3,(H,21,22)/t12-,13+/m0/s1. The van der Waals surface area contributed by atoms with E-state index in [2.05, 4.69) is 5.10 Å². The fraction of sp³-hybridized carbons (Fsp3) is 0.375. The Morgan fingerprint density at radius 1 is 1.38 bits per heavy atom. The number of carboxylic acids is 1. The molecule has 1 saturated heterocycles. The number of aliphatic carboxylic acids is 1. The van der Waals surface area contributed by atoms with E-state index in [0.29, 0.717) is 5.69 Å². The monoisotopic (exact) mass is 381 g/mol. The van der Waals surface area contributed by atoms with Crippen molar-refractivity contribution in [3.63, 3.8) is 0 Å². The summed E-state index contributed by atoms with van der Waals surface area (Å²) in [5.41, 5.74) is 0.537. The molecule has 1 aromatic carbocycles. The predicted octanol–water partition coefficient (Wildman–Crippen LogP) is 0.337. The zero-order valence-electron chi connectivity index (χ0n) is 14.0. The molecule has 0 saturated carbocycles. The number of methoxy groups -OCH3 is 1. The van der Waals surface area contributed by atoms with Gasteiger partial charge in [-0.2, -0.15) is 9.40 Å². The molecule has 9 nitrogen and oxygen atoms in total. The van der Waals surface area contributed by atoms with E-state index in [1.165, 1.54) is 23.9 Å². The molecule has 1 fully saturated rings. The minimum Gasteiger partial charge on any atom is -0.495 e. The second-order valence-electron chi connectivity index (χ2n) is 5.95. The van der Waals surface area contributed by atoms with Crippen molar-refractivity contribution in [2.75, 3.05) is 20.2 Å². The van der Waals surface area contributed by atoms with Crippen molar-refractivity contribution in [1.29, 1.82) is 0 Å². The molecular formula is C16H19N3O6S. The minimum absolute atomic E-state index is 0.00547. The SMILES string of the molecule is COc1ccc(-n2cccn2)cc1S(=O)(=O)N1CC[C@H](C(=O)O)[C@H](O)C1. The van der Waals surface area contributed by atoms with Gasteiger partial charge in [0.25, 0.3) is 0 Å². The number of carboxylic acid groups (broad SMARTS) is 1. The van der Waals surface area contributed by atoms with Gasteiger partial charge in [0, 0.05) is 25.5 Å². The van der Waals surface area contributed by atoms with Crippen LogP contribution in [0.15, 0.2) is 41.6 Å². The highest BCUT2D eigenvalue weighted by Gasteiger charge is 2.39. The first kappa shape index (κ1) is 18.4. The lowest BCUT2D eigenvalue weighted by molar-refractivity contribution is -0.147. The summed E-state index contributed by atoms with van der Waals surface area (Å²) in [6.45, 7) is -0.278. The number of rotatable bonds is 5. The van der Waals surface area contributed by atoms with Crippen LogP contribution >= 0.6 is 0 Å². The van der Waals surface area contributed by atoms with Gasteiger partial charge in [-0.1, -0.05) is 0 Å². The maximum atomic E-state index is 13.1. The molecule has 0 aliphatic carbocycles. The number of nitrogens with zero attached hydrogens (tertiary/aromatic N) is 3. The average molecular weight is 381 g/mol. The molecule has 10 heteroatoms. The molecule has 2 N–H and O–H groups in total. The Morgan fingerprint density at radius 3 is 2.73 bits per heavy atom. The maximum Gasteiger partial charge on any atom is 0.309 e. The fourth-order valence-corrected chi connectivity index (χ4v) is 4.63. The zero-order chi connectivity index (χ0) is 18.9. The number of sulfonamides is 1. The van der Waals surface area contributed by atoms with E-state index in [4.69, 9.17) is 9.84 Å². The van der Waals surface area contributed by atoms with Crippen molar-refractivity contribution in [3.05, 3.63) is 36.7 Å². The Kier molecular flexibility index (Phi) is 4.99. The van der Waals surface area contributed by atoms with Crippen molar-refractivity contribution < 1.29 is 28.2 Å². The molecule has 0 spiro atoms. The Morgan fingerprint density at radius 2 is 2.15 bits per heavy atom. The Labute approximate surface area is 150 Å². The van der Waals surface area contributed by atoms with E-state index in [0.717, 1.165) is 4.31 Å². The first-order valence-corrected chi connectivity index (χ1v) is 9.37. The number of aromatic nitrogens is 2. The zero-order valence-corrected chi connectivity index (χ0v) is 14.8. The maximum absolute atomic E-state index is 13.1. The van der Waals surface area contributed by atoms with E-state index in [1.807, 2.05) is 0 Å². The molecule has 0 amide bonds. The number of carbonyl (C=O) groups is 1. The van der Waals surface area contributed by atoms with Gasteiger partial charge >= 0.3 is 5.97 Å². The average Bonchev–Trinajstić information content (AvgIpc) is 3.15. The number of hydrogen-bond acceptors (Lipinski definition) is 6. The first-order valence-electron chi connectivity index (χ1n) is 7.93. The number of aliphatic hydroxyl groups excluding tert-OH is 1. The molecule has 0 radical (unpaired) electrons. The molecule has 0 bridgehead atoms. The number of piperidine rings is 1. The molecule has 0 unspecified atom stereocenters. The largest absolute Gasteiger partial charge is 0.495 e. The molecule has 1 aliphatic heterocycles. The van der Waals surface area contributed by atoms with E-state index in [-0.39, 0.29) is 30.2 Å². The van der Waals surface area contributed by atoms with E-state index >= 15 is 0 Å². The molecule has 1 aliphatic rings. The molecule has 3 rings (SSSR count). The summed E-state index contributed by atoms with van der Waals surface area (Å²) < 4.78 is 33.9. The van der Waals surface area contributed by atoms with Gasteiger partial charge in [0.15, 0.2) is 0 Å². The number of benzene rings is 1. The quantitative estimate of drug-likeness (QED) is 0.766. The number of ether oxygens (including phenoxy) is 1. The minimum atomic E-state index is -3.99. The first-order chi connectivity index (χ1) is 12.3. The Balaban J connectivity index is 1.96. The lowest BCUT2D eigenvalue weighted by Gasteiger charge is -2.33. The molecule has 2 aromatic rings. The van der Waals surface area contributed by atoms with Crippen LogP contribution in [0.5, 0.6) is 5.75 Å². The second-order valence-corrected chi connectivity index (χ2v) is 7.86. The van der Waals surface area contributed by atoms with Gasteiger partial charge in [-0.3, -0.25) is 4.79 Å². The van der Waals surface area contributed by atoms with Gasteiger partial charge < -0.3 is 14.9 Å². The summed E-state index contributed by atoms with van der Waals surface area (Å²) in [7, 11) is -2.62. The van der Waals surface area contributed by atoms with Gasteiger partial charge in [0.1, 0.15) is 10.6 Å². The predicted molar refractivity (Wildman–Crippen MR) is 90.6 cm³/mol. The third-order valence-electron chi connectivity index (χ3n) is 4.40. The van der Waals surface area contributed by atoms with Crippen molar-refractivity contribution in [2.24, 2.45) is 5.92 Å². The lowest BCUT2D eigenvalue weighted by atomic mass is 9.95. The fourth-order valence-electron chi connectivity index (χ4n) is 2.98. The van der Waals surface area contributed by atoms with Crippen LogP contribution in [0.2, 0.25) is 0 Å². The summed E-state index contributed by atoms with van der Waals surface area (Å²) in [5.74, 6) is -1.94. The Bertz CT molecular complexity index is 897. The molecule has 26 heavy (non-hydrogen) atoms. The Hall–Kier alpha value is -2.43. The highest BCUT2D eigenvalue weighted by atomic mass is 32.2. The topological polar surface area (TPSA) is 122 Å². The van der Waals surface area contributed by atoms with Crippen LogP contribution in [0.3, 0.4) is 0 Å². The van der Waals surface area contributed by atoms with Crippen molar-refractivity contribution in [2.45, 2.75) is 17.4 Å². The van der Waals surface area contributed by atoms with Gasteiger partial charge in [-0.25, -0.2) is 13.1 Å². The van der Waals surface area contributed by atoms with Crippen LogP contribution in [-0.2, 0) is 14.8 Å². The van der Waals surface area contributed by atoms with Crippen LogP contribution in [0.1, 0.15) is 6.42 Å². The van der Waals surface area contributed by atoms with Crippen LogP contribution in [-0.4, -0.2) is 65.0 Å². The highest BCUT2D eigenvalue weighted by molar-refractivity contribution is 7.89. The molecule has 2 atom stereocenters. The second kappa shape index (κ2) is 7.06. The number of β-amino-alcohol motifs (C(OH)–C–C–N with tert-alkyl or cyclic N) is 1. The van der Waals surface area contributed by atoms with E-state index in [1.54, 1.807) is 24.5 Å². The molecular weight excluding hydrogens is 362 g/mol. The number of aliphatic hydroxyl groups is 1. The van der Waals surface area contributed by atoms with Gasteiger partial charge in [-0.05, 0) is 30.7 Å². The lowest BCUT2D eigenvalue weighted by Crippen LogP contribution is -2.48. The molecule has 2 heterocycles. The van der Waals surface area contributed by atoms with E-state index in [9.17, 15) is 18.3 Å². The van der Waals surface area contributed by atoms with Crippen molar-refractivity contribution in [1.82, 2.24) is 14.1 Å². The summed E-state index contributed by atoms with van der Waals surface area (Å²) in [6, 6.07) is 6.36. The van der Waals surface area contributed by atoms with Gasteiger partial charge in [0.2, 0.25) is 10.0 Å². The highest BCUT2D eigenvalue weighted by Crippen LogP contribution is 2.31. The summed E-state index contributed by atoms with van der Waals surface area (Å²) in [4.78, 5) is 11.0. The van der Waals surface area contributed by atoms with Crippen LogP contribution in [0.25, 0.3) is 5.69 Å².